The lowest BCUT2D eigenvalue weighted by molar-refractivity contribution is -0.686. The van der Waals surface area contributed by atoms with Gasteiger partial charge in [-0.2, -0.15) is 0 Å². The maximum atomic E-state index is 13.0. The average Bonchev–Trinajstić information content (AvgIpc) is 2.70. The molecule has 0 fully saturated rings. The Morgan fingerprint density at radius 3 is 2.30 bits per heavy atom. The Labute approximate surface area is 159 Å². The van der Waals surface area contributed by atoms with Crippen LogP contribution in [0.15, 0.2) is 72.8 Å². The van der Waals surface area contributed by atoms with Crippen molar-refractivity contribution in [1.29, 1.82) is 0 Å². The molecule has 2 N–H and O–H groups in total. The molecule has 0 heterocycles. The van der Waals surface area contributed by atoms with Gasteiger partial charge >= 0.3 is 0 Å². The van der Waals surface area contributed by atoms with Gasteiger partial charge in [-0.15, -0.1) is 0 Å². The molecule has 0 aliphatic heterocycles. The lowest BCUT2D eigenvalue weighted by atomic mass is 10.1. The first-order valence-corrected chi connectivity index (χ1v) is 9.23. The van der Waals surface area contributed by atoms with Crippen LogP contribution in [-0.2, 0) is 19.7 Å². The van der Waals surface area contributed by atoms with Gasteiger partial charge in [0.05, 0.1) is 12.2 Å². The number of benzene rings is 3. The van der Waals surface area contributed by atoms with E-state index in [1.165, 1.54) is 12.1 Å². The predicted molar refractivity (Wildman–Crippen MR) is 104 cm³/mol. The lowest BCUT2D eigenvalue weighted by Gasteiger charge is -2.15. The minimum absolute atomic E-state index is 0.209. The zero-order valence-electron chi connectivity index (χ0n) is 15.5. The molecule has 0 spiro atoms. The van der Waals surface area contributed by atoms with Crippen molar-refractivity contribution in [3.05, 3.63) is 95.3 Å². The highest BCUT2D eigenvalue weighted by atomic mass is 19.1. The summed E-state index contributed by atoms with van der Waals surface area (Å²) in [7, 11) is 0. The van der Waals surface area contributed by atoms with Gasteiger partial charge in [-0.1, -0.05) is 48.5 Å². The molecule has 27 heavy (non-hydrogen) atoms. The fourth-order valence-electron chi connectivity index (χ4n) is 2.90. The van der Waals surface area contributed by atoms with E-state index in [0.717, 1.165) is 41.3 Å². The van der Waals surface area contributed by atoms with Crippen LogP contribution in [0.1, 0.15) is 23.6 Å². The Hall–Kier alpha value is -2.85. The molecule has 3 aromatic rings. The molecule has 0 unspecified atom stereocenters. The van der Waals surface area contributed by atoms with Crippen molar-refractivity contribution in [3.8, 4) is 11.5 Å². The fourth-order valence-corrected chi connectivity index (χ4v) is 2.90. The highest BCUT2D eigenvalue weighted by Crippen LogP contribution is 2.31. The summed E-state index contributed by atoms with van der Waals surface area (Å²) >= 11 is 0. The van der Waals surface area contributed by atoms with Gasteiger partial charge in [0, 0.05) is 5.56 Å². The zero-order valence-corrected chi connectivity index (χ0v) is 15.5. The number of halogens is 1. The fraction of sp³-hybridized carbons (Fsp3) is 0.217. The summed E-state index contributed by atoms with van der Waals surface area (Å²) in [6, 6.07) is 22.7. The van der Waals surface area contributed by atoms with Crippen LogP contribution in [0.4, 0.5) is 4.39 Å². The van der Waals surface area contributed by atoms with Crippen LogP contribution in [0.25, 0.3) is 0 Å². The molecule has 140 valence electrons. The van der Waals surface area contributed by atoms with Crippen molar-refractivity contribution in [2.45, 2.75) is 26.6 Å². The van der Waals surface area contributed by atoms with E-state index in [4.69, 9.17) is 9.47 Å². The Morgan fingerprint density at radius 1 is 0.778 bits per heavy atom. The van der Waals surface area contributed by atoms with Crippen molar-refractivity contribution >= 4 is 0 Å². The van der Waals surface area contributed by atoms with Gasteiger partial charge in [-0.05, 0) is 36.8 Å². The third-order valence-electron chi connectivity index (χ3n) is 4.24. The molecule has 0 bridgehead atoms. The van der Waals surface area contributed by atoms with Gasteiger partial charge in [0.15, 0.2) is 11.5 Å². The van der Waals surface area contributed by atoms with Gasteiger partial charge in [0.25, 0.3) is 0 Å². The van der Waals surface area contributed by atoms with Gasteiger partial charge in [-0.25, -0.2) is 4.39 Å². The number of hydrogen-bond donors (Lipinski definition) is 1. The predicted octanol–water partition coefficient (Wildman–Crippen LogP) is 4.07. The zero-order chi connectivity index (χ0) is 18.9. The van der Waals surface area contributed by atoms with E-state index in [9.17, 15) is 4.39 Å². The van der Waals surface area contributed by atoms with Crippen LogP contribution < -0.4 is 14.8 Å². The molecule has 3 aromatic carbocycles. The van der Waals surface area contributed by atoms with Crippen LogP contribution in [0.5, 0.6) is 11.5 Å². The molecule has 0 amide bonds. The summed E-state index contributed by atoms with van der Waals surface area (Å²) in [5.74, 6) is 1.35. The van der Waals surface area contributed by atoms with Crippen LogP contribution in [0, 0.1) is 5.82 Å². The second kappa shape index (κ2) is 9.74. The van der Waals surface area contributed by atoms with Crippen LogP contribution in [0.2, 0.25) is 0 Å². The molecule has 3 rings (SSSR count). The average molecular weight is 366 g/mol. The molecular weight excluding hydrogens is 341 g/mol. The first-order valence-electron chi connectivity index (χ1n) is 9.23. The SMILES string of the molecule is CCOc1cccc(C[NH2+]Cc2ccc(F)cc2)c1OCc1ccccc1. The molecule has 0 aromatic heterocycles. The lowest BCUT2D eigenvalue weighted by Crippen LogP contribution is -2.80. The number of nitrogens with two attached hydrogens (primary N) is 1. The van der Waals surface area contributed by atoms with Crippen LogP contribution in [-0.4, -0.2) is 6.61 Å². The molecule has 3 nitrogen and oxygen atoms in total. The maximum Gasteiger partial charge on any atom is 0.170 e. The van der Waals surface area contributed by atoms with E-state index in [1.807, 2.05) is 61.5 Å². The Morgan fingerprint density at radius 2 is 1.56 bits per heavy atom. The van der Waals surface area contributed by atoms with Crippen LogP contribution >= 0.6 is 0 Å². The minimum atomic E-state index is -0.209. The standard InChI is InChI=1S/C23H24FNO2/c1-2-26-22-10-6-9-20(16-25-15-18-11-13-21(24)14-12-18)23(22)27-17-19-7-4-3-5-8-19/h3-14,25H,2,15-17H2,1H3/p+1. The van der Waals surface area contributed by atoms with Crippen LogP contribution in [0.3, 0.4) is 0 Å². The van der Waals surface area contributed by atoms with Gasteiger partial charge < -0.3 is 14.8 Å². The van der Waals surface area contributed by atoms with Gasteiger partial charge in [0.1, 0.15) is 25.5 Å². The molecular formula is C23H25FNO2+. The first-order chi connectivity index (χ1) is 13.3. The maximum absolute atomic E-state index is 13.0. The summed E-state index contributed by atoms with van der Waals surface area (Å²) in [5, 5.41) is 2.17. The van der Waals surface area contributed by atoms with Crippen molar-refractivity contribution in [2.75, 3.05) is 6.61 Å². The quantitative estimate of drug-likeness (QED) is 0.620. The summed E-state index contributed by atoms with van der Waals surface area (Å²) in [6.45, 7) is 4.58. The van der Waals surface area contributed by atoms with E-state index < -0.39 is 0 Å². The van der Waals surface area contributed by atoms with E-state index in [0.29, 0.717) is 13.2 Å². The number of para-hydroxylation sites is 1. The summed E-state index contributed by atoms with van der Waals surface area (Å²) in [4.78, 5) is 0. The monoisotopic (exact) mass is 366 g/mol. The topological polar surface area (TPSA) is 35.1 Å². The molecule has 4 heteroatoms. The Balaban J connectivity index is 1.69. The highest BCUT2D eigenvalue weighted by molar-refractivity contribution is 5.46. The summed E-state index contributed by atoms with van der Waals surface area (Å²) in [6.07, 6.45) is 0. The number of quaternary nitrogens is 1. The van der Waals surface area contributed by atoms with E-state index in [2.05, 4.69) is 11.4 Å². The number of hydrogen-bond acceptors (Lipinski definition) is 2. The smallest absolute Gasteiger partial charge is 0.170 e. The third kappa shape index (κ3) is 5.56. The normalized spacial score (nSPS) is 10.6. The van der Waals surface area contributed by atoms with E-state index >= 15 is 0 Å². The molecule has 0 saturated heterocycles. The molecule has 0 aliphatic carbocycles. The summed E-state index contributed by atoms with van der Waals surface area (Å²) < 4.78 is 24.9. The number of ether oxygens (including phenoxy) is 2. The van der Waals surface area contributed by atoms with Crippen molar-refractivity contribution < 1.29 is 19.2 Å². The minimum Gasteiger partial charge on any atom is -0.490 e. The largest absolute Gasteiger partial charge is 0.490 e. The van der Waals surface area contributed by atoms with Gasteiger partial charge in [-0.3, -0.25) is 0 Å². The second-order valence-electron chi connectivity index (χ2n) is 6.28. The van der Waals surface area contributed by atoms with Crippen molar-refractivity contribution in [2.24, 2.45) is 0 Å². The number of rotatable bonds is 9. The molecule has 0 atom stereocenters. The molecule has 0 aliphatic rings. The Kier molecular flexibility index (Phi) is 6.83. The van der Waals surface area contributed by atoms with Gasteiger partial charge in [0.2, 0.25) is 0 Å². The van der Waals surface area contributed by atoms with Crippen molar-refractivity contribution in [1.82, 2.24) is 0 Å². The van der Waals surface area contributed by atoms with Crippen molar-refractivity contribution in [3.63, 3.8) is 0 Å². The van der Waals surface area contributed by atoms with E-state index in [1.54, 1.807) is 0 Å². The Bertz CT molecular complexity index is 835. The van der Waals surface area contributed by atoms with E-state index in [-0.39, 0.29) is 5.82 Å². The molecule has 0 radical (unpaired) electrons. The molecule has 0 saturated carbocycles. The first kappa shape index (κ1) is 18.9. The highest BCUT2D eigenvalue weighted by Gasteiger charge is 2.13. The summed E-state index contributed by atoms with van der Waals surface area (Å²) in [5.41, 5.74) is 3.29. The second-order valence-corrected chi connectivity index (χ2v) is 6.28. The third-order valence-corrected chi connectivity index (χ3v) is 4.24.